The van der Waals surface area contributed by atoms with E-state index in [1.54, 1.807) is 12.1 Å². The molecule has 0 radical (unpaired) electrons. The second-order valence-electron chi connectivity index (χ2n) is 5.81. The molecule has 0 aliphatic heterocycles. The molecule has 3 aromatic rings. The summed E-state index contributed by atoms with van der Waals surface area (Å²) in [5.74, 6) is 0.418. The van der Waals surface area contributed by atoms with Gasteiger partial charge in [-0.1, -0.05) is 41.9 Å². The van der Waals surface area contributed by atoms with Crippen molar-refractivity contribution in [3.63, 3.8) is 0 Å². The minimum Gasteiger partial charge on any atom is -0.394 e. The first-order valence-corrected chi connectivity index (χ1v) is 8.47. The van der Waals surface area contributed by atoms with Gasteiger partial charge in [0, 0.05) is 23.4 Å². The maximum atomic E-state index is 13.4. The van der Waals surface area contributed by atoms with E-state index in [1.165, 1.54) is 12.1 Å². The van der Waals surface area contributed by atoms with Crippen molar-refractivity contribution in [3.05, 3.63) is 65.4 Å². The van der Waals surface area contributed by atoms with Gasteiger partial charge in [-0.3, -0.25) is 0 Å². The first-order chi connectivity index (χ1) is 12.5. The molecular formula is C19H18ClFN4O. The molecule has 0 aliphatic rings. The lowest BCUT2D eigenvalue weighted by Gasteiger charge is -2.14. The van der Waals surface area contributed by atoms with Crippen LogP contribution in [-0.4, -0.2) is 27.7 Å². The van der Waals surface area contributed by atoms with Gasteiger partial charge in [-0.25, -0.2) is 9.37 Å². The Labute approximate surface area is 155 Å². The molecule has 0 unspecified atom stereocenters. The van der Waals surface area contributed by atoms with Crippen molar-refractivity contribution in [2.45, 2.75) is 13.0 Å². The number of aliphatic hydroxyl groups excluding tert-OH is 1. The van der Waals surface area contributed by atoms with Gasteiger partial charge in [0.05, 0.1) is 17.3 Å². The van der Waals surface area contributed by atoms with Crippen LogP contribution in [0.5, 0.6) is 0 Å². The van der Waals surface area contributed by atoms with Crippen molar-refractivity contribution in [3.8, 4) is 11.3 Å². The molecule has 0 fully saturated rings. The van der Waals surface area contributed by atoms with Crippen LogP contribution in [0.25, 0.3) is 11.3 Å². The highest BCUT2D eigenvalue weighted by Gasteiger charge is 2.10. The van der Waals surface area contributed by atoms with Crippen LogP contribution in [0.2, 0.25) is 5.02 Å². The molecule has 7 heteroatoms. The number of aliphatic hydroxyl groups is 1. The molecule has 134 valence electrons. The average Bonchev–Trinajstić information content (AvgIpc) is 2.65. The third-order valence-corrected chi connectivity index (χ3v) is 3.93. The van der Waals surface area contributed by atoms with E-state index in [-0.39, 0.29) is 17.7 Å². The predicted molar refractivity (Wildman–Crippen MR) is 102 cm³/mol. The summed E-state index contributed by atoms with van der Waals surface area (Å²) in [5, 5.41) is 15.4. The van der Waals surface area contributed by atoms with E-state index in [9.17, 15) is 9.50 Å². The molecule has 0 bridgehead atoms. The van der Waals surface area contributed by atoms with Gasteiger partial charge in [0.25, 0.3) is 0 Å². The third-order valence-electron chi connectivity index (χ3n) is 3.64. The first-order valence-electron chi connectivity index (χ1n) is 8.09. The van der Waals surface area contributed by atoms with Gasteiger partial charge in [0.1, 0.15) is 11.6 Å². The Balaban J connectivity index is 1.97. The number of rotatable bonds is 6. The lowest BCUT2D eigenvalue weighted by molar-refractivity contribution is 0.281. The minimum absolute atomic E-state index is 0.0274. The van der Waals surface area contributed by atoms with Crippen molar-refractivity contribution in [1.82, 2.24) is 9.97 Å². The van der Waals surface area contributed by atoms with Crippen LogP contribution in [0, 0.1) is 5.82 Å². The van der Waals surface area contributed by atoms with Gasteiger partial charge in [-0.15, -0.1) is 0 Å². The summed E-state index contributed by atoms with van der Waals surface area (Å²) < 4.78 is 13.4. The maximum absolute atomic E-state index is 13.4. The topological polar surface area (TPSA) is 70.1 Å². The molecule has 3 rings (SSSR count). The normalized spacial score (nSPS) is 11.8. The summed E-state index contributed by atoms with van der Waals surface area (Å²) >= 11 is 5.84. The summed E-state index contributed by atoms with van der Waals surface area (Å²) in [5.41, 5.74) is 2.24. The van der Waals surface area contributed by atoms with E-state index in [0.29, 0.717) is 23.1 Å². The highest BCUT2D eigenvalue weighted by molar-refractivity contribution is 6.31. The fourth-order valence-corrected chi connectivity index (χ4v) is 2.50. The van der Waals surface area contributed by atoms with Crippen LogP contribution >= 0.6 is 11.6 Å². The van der Waals surface area contributed by atoms with E-state index in [2.05, 4.69) is 20.6 Å². The highest BCUT2D eigenvalue weighted by Crippen LogP contribution is 2.26. The van der Waals surface area contributed by atoms with Crippen LogP contribution in [0.1, 0.15) is 6.92 Å². The Morgan fingerprint density at radius 1 is 1.12 bits per heavy atom. The maximum Gasteiger partial charge on any atom is 0.225 e. The Bertz CT molecular complexity index is 892. The van der Waals surface area contributed by atoms with E-state index >= 15 is 0 Å². The number of hydrogen-bond acceptors (Lipinski definition) is 5. The molecule has 1 aromatic heterocycles. The van der Waals surface area contributed by atoms with Gasteiger partial charge in [-0.2, -0.15) is 4.98 Å². The van der Waals surface area contributed by atoms with Crippen LogP contribution in [-0.2, 0) is 0 Å². The highest BCUT2D eigenvalue weighted by atomic mass is 35.5. The average molecular weight is 373 g/mol. The quantitative estimate of drug-likeness (QED) is 0.595. The monoisotopic (exact) mass is 372 g/mol. The molecule has 0 saturated carbocycles. The van der Waals surface area contributed by atoms with Gasteiger partial charge < -0.3 is 15.7 Å². The first kappa shape index (κ1) is 18.1. The van der Waals surface area contributed by atoms with E-state index < -0.39 is 5.82 Å². The molecule has 0 amide bonds. The zero-order valence-electron chi connectivity index (χ0n) is 14.1. The molecule has 2 aromatic carbocycles. The van der Waals surface area contributed by atoms with Gasteiger partial charge in [0.2, 0.25) is 5.95 Å². The number of benzene rings is 2. The Kier molecular flexibility index (Phi) is 5.65. The van der Waals surface area contributed by atoms with E-state index in [1.807, 2.05) is 37.3 Å². The summed E-state index contributed by atoms with van der Waals surface area (Å²) in [6.45, 7) is 1.78. The molecule has 3 N–H and O–H groups in total. The molecule has 0 spiro atoms. The summed E-state index contributed by atoms with van der Waals surface area (Å²) in [6, 6.07) is 15.6. The van der Waals surface area contributed by atoms with Gasteiger partial charge in [0.15, 0.2) is 0 Å². The number of hydrogen-bond donors (Lipinski definition) is 3. The SMILES string of the molecule is C[C@@H](CO)Nc1nc(Nc2ccc(F)c(Cl)c2)cc(-c2ccccc2)n1. The zero-order chi connectivity index (χ0) is 18.5. The largest absolute Gasteiger partial charge is 0.394 e. The molecule has 26 heavy (non-hydrogen) atoms. The second kappa shape index (κ2) is 8.12. The molecular weight excluding hydrogens is 355 g/mol. The van der Waals surface area contributed by atoms with Crippen molar-refractivity contribution in [1.29, 1.82) is 0 Å². The molecule has 5 nitrogen and oxygen atoms in total. The van der Waals surface area contributed by atoms with Gasteiger partial charge in [-0.05, 0) is 25.1 Å². The second-order valence-corrected chi connectivity index (χ2v) is 6.22. The number of halogens is 2. The molecule has 1 heterocycles. The Morgan fingerprint density at radius 3 is 2.58 bits per heavy atom. The lowest BCUT2D eigenvalue weighted by Crippen LogP contribution is -2.21. The standard InChI is InChI=1S/C19H18ClFN4O/c1-12(11-26)22-19-24-17(13-5-3-2-4-6-13)10-18(25-19)23-14-7-8-16(21)15(20)9-14/h2-10,12,26H,11H2,1H3,(H2,22,23,24,25)/t12-/m0/s1. The van der Waals surface area contributed by atoms with E-state index in [0.717, 1.165) is 5.56 Å². The zero-order valence-corrected chi connectivity index (χ0v) is 14.8. The van der Waals surface area contributed by atoms with Crippen molar-refractivity contribution >= 4 is 29.1 Å². The van der Waals surface area contributed by atoms with E-state index in [4.69, 9.17) is 11.6 Å². The minimum atomic E-state index is -0.482. The van der Waals surface area contributed by atoms with Crippen LogP contribution < -0.4 is 10.6 Å². The molecule has 0 aliphatic carbocycles. The van der Waals surface area contributed by atoms with Crippen molar-refractivity contribution in [2.24, 2.45) is 0 Å². The van der Waals surface area contributed by atoms with Crippen LogP contribution in [0.3, 0.4) is 0 Å². The smallest absolute Gasteiger partial charge is 0.225 e. The van der Waals surface area contributed by atoms with Crippen LogP contribution in [0.15, 0.2) is 54.6 Å². The molecule has 1 atom stereocenters. The third kappa shape index (κ3) is 4.47. The number of aromatic nitrogens is 2. The molecule has 0 saturated heterocycles. The summed E-state index contributed by atoms with van der Waals surface area (Å²) in [7, 11) is 0. The predicted octanol–water partition coefficient (Wildman–Crippen LogP) is 4.47. The number of nitrogens with one attached hydrogen (secondary N) is 2. The fraction of sp³-hybridized carbons (Fsp3) is 0.158. The summed E-state index contributed by atoms with van der Waals surface area (Å²) in [6.07, 6.45) is 0. The number of anilines is 3. The Hall–Kier alpha value is -2.70. The number of nitrogens with zero attached hydrogens (tertiary/aromatic N) is 2. The Morgan fingerprint density at radius 2 is 1.88 bits per heavy atom. The van der Waals surface area contributed by atoms with Crippen molar-refractivity contribution < 1.29 is 9.50 Å². The van der Waals surface area contributed by atoms with Crippen LogP contribution in [0.4, 0.5) is 21.8 Å². The lowest BCUT2D eigenvalue weighted by atomic mass is 10.1. The summed E-state index contributed by atoms with van der Waals surface area (Å²) in [4.78, 5) is 8.92. The van der Waals surface area contributed by atoms with Crippen molar-refractivity contribution in [2.75, 3.05) is 17.2 Å². The fourth-order valence-electron chi connectivity index (χ4n) is 2.32. The van der Waals surface area contributed by atoms with Gasteiger partial charge >= 0.3 is 0 Å².